The summed E-state index contributed by atoms with van der Waals surface area (Å²) in [5.41, 5.74) is 6.69. The van der Waals surface area contributed by atoms with Gasteiger partial charge in [0.15, 0.2) is 0 Å². The Hall–Kier alpha value is -1.97. The van der Waals surface area contributed by atoms with Crippen molar-refractivity contribution in [3.8, 4) is 0 Å². The van der Waals surface area contributed by atoms with Crippen LogP contribution in [-0.4, -0.2) is 0 Å². The molecule has 2 rings (SSSR count). The number of halogens is 3. The zero-order valence-electron chi connectivity index (χ0n) is 10.4. The van der Waals surface area contributed by atoms with Crippen LogP contribution in [0.4, 0.5) is 18.9 Å². The number of nitrogens with two attached hydrogens (primary N) is 1. The number of benzene rings is 2. The summed E-state index contributed by atoms with van der Waals surface area (Å²) >= 11 is 0. The minimum atomic E-state index is -4.35. The highest BCUT2D eigenvalue weighted by atomic mass is 19.4. The summed E-state index contributed by atoms with van der Waals surface area (Å²) in [5.74, 6) is -0.404. The van der Waals surface area contributed by atoms with E-state index in [9.17, 15) is 13.2 Å². The zero-order valence-corrected chi connectivity index (χ0v) is 10.4. The first-order valence-electron chi connectivity index (χ1n) is 5.92. The second-order valence-electron chi connectivity index (χ2n) is 4.44. The van der Waals surface area contributed by atoms with Gasteiger partial charge in [0.2, 0.25) is 0 Å². The van der Waals surface area contributed by atoms with Gasteiger partial charge in [0, 0.05) is 11.6 Å². The highest BCUT2D eigenvalue weighted by Crippen LogP contribution is 2.38. The van der Waals surface area contributed by atoms with Crippen LogP contribution in [0.1, 0.15) is 29.5 Å². The van der Waals surface area contributed by atoms with Crippen LogP contribution in [0.25, 0.3) is 0 Å². The molecule has 100 valence electrons. The van der Waals surface area contributed by atoms with Crippen molar-refractivity contribution in [3.63, 3.8) is 0 Å². The standard InChI is InChI=1S/C15H14F3N/c1-10(12-7-3-5-9-14(12)19)11-6-2-4-8-13(11)15(16,17)18/h2-10H,19H2,1H3. The van der Waals surface area contributed by atoms with Crippen LogP contribution >= 0.6 is 0 Å². The molecule has 1 unspecified atom stereocenters. The van der Waals surface area contributed by atoms with E-state index in [1.165, 1.54) is 12.1 Å². The Morgan fingerprint density at radius 1 is 0.895 bits per heavy atom. The van der Waals surface area contributed by atoms with Crippen molar-refractivity contribution < 1.29 is 13.2 Å². The second-order valence-corrected chi connectivity index (χ2v) is 4.44. The summed E-state index contributed by atoms with van der Waals surface area (Å²) in [6.07, 6.45) is -4.35. The highest BCUT2D eigenvalue weighted by molar-refractivity contribution is 5.52. The lowest BCUT2D eigenvalue weighted by molar-refractivity contribution is -0.138. The molecule has 0 aliphatic rings. The van der Waals surface area contributed by atoms with E-state index in [0.717, 1.165) is 6.07 Å². The van der Waals surface area contributed by atoms with Gasteiger partial charge < -0.3 is 5.73 Å². The van der Waals surface area contributed by atoms with Crippen LogP contribution in [-0.2, 0) is 6.18 Å². The maximum Gasteiger partial charge on any atom is 0.416 e. The third-order valence-corrected chi connectivity index (χ3v) is 3.20. The molecule has 4 heteroatoms. The van der Waals surface area contributed by atoms with E-state index in [4.69, 9.17) is 5.73 Å². The van der Waals surface area contributed by atoms with Crippen molar-refractivity contribution in [2.75, 3.05) is 5.73 Å². The number of alkyl halides is 3. The predicted molar refractivity (Wildman–Crippen MR) is 69.8 cm³/mol. The van der Waals surface area contributed by atoms with Crippen molar-refractivity contribution in [2.24, 2.45) is 0 Å². The van der Waals surface area contributed by atoms with Gasteiger partial charge in [-0.2, -0.15) is 13.2 Å². The maximum absolute atomic E-state index is 13.0. The first-order chi connectivity index (χ1) is 8.91. The fourth-order valence-corrected chi connectivity index (χ4v) is 2.21. The van der Waals surface area contributed by atoms with Gasteiger partial charge in [0.05, 0.1) is 5.56 Å². The average molecular weight is 265 g/mol. The van der Waals surface area contributed by atoms with Gasteiger partial charge in [-0.05, 0) is 23.3 Å². The lowest BCUT2D eigenvalue weighted by atomic mass is 9.88. The molecule has 0 aliphatic carbocycles. The maximum atomic E-state index is 13.0. The van der Waals surface area contributed by atoms with Crippen molar-refractivity contribution in [2.45, 2.75) is 19.0 Å². The largest absolute Gasteiger partial charge is 0.416 e. The number of hydrogen-bond donors (Lipinski definition) is 1. The van der Waals surface area contributed by atoms with E-state index in [1.54, 1.807) is 37.3 Å². The molecule has 0 radical (unpaired) electrons. The fraction of sp³-hybridized carbons (Fsp3) is 0.200. The van der Waals surface area contributed by atoms with Crippen molar-refractivity contribution in [3.05, 3.63) is 65.2 Å². The Labute approximate surface area is 109 Å². The molecule has 0 saturated carbocycles. The normalized spacial score (nSPS) is 13.3. The summed E-state index contributed by atoms with van der Waals surface area (Å²) in [7, 11) is 0. The molecule has 0 heterocycles. The smallest absolute Gasteiger partial charge is 0.398 e. The molecule has 0 amide bonds. The van der Waals surface area contributed by atoms with Gasteiger partial charge in [-0.25, -0.2) is 0 Å². The van der Waals surface area contributed by atoms with Crippen molar-refractivity contribution >= 4 is 5.69 Å². The third-order valence-electron chi connectivity index (χ3n) is 3.20. The molecule has 1 nitrogen and oxygen atoms in total. The predicted octanol–water partition coefficient (Wildman–Crippen LogP) is 4.44. The molecule has 0 spiro atoms. The van der Waals surface area contributed by atoms with Gasteiger partial charge in [-0.1, -0.05) is 43.3 Å². The van der Waals surface area contributed by atoms with E-state index in [2.05, 4.69) is 0 Å². The van der Waals surface area contributed by atoms with Gasteiger partial charge in [0.25, 0.3) is 0 Å². The Kier molecular flexibility index (Phi) is 3.51. The Morgan fingerprint density at radius 2 is 1.42 bits per heavy atom. The van der Waals surface area contributed by atoms with Crippen molar-refractivity contribution in [1.29, 1.82) is 0 Å². The monoisotopic (exact) mass is 265 g/mol. The summed E-state index contributed by atoms with van der Waals surface area (Å²) in [6.45, 7) is 1.73. The lowest BCUT2D eigenvalue weighted by Gasteiger charge is -2.19. The van der Waals surface area contributed by atoms with E-state index >= 15 is 0 Å². The molecule has 0 aromatic heterocycles. The van der Waals surface area contributed by atoms with Crippen LogP contribution < -0.4 is 5.73 Å². The number of nitrogen functional groups attached to an aromatic ring is 1. The zero-order chi connectivity index (χ0) is 14.0. The van der Waals surface area contributed by atoms with Gasteiger partial charge in [-0.15, -0.1) is 0 Å². The summed E-state index contributed by atoms with van der Waals surface area (Å²) in [5, 5.41) is 0. The van der Waals surface area contributed by atoms with Crippen LogP contribution in [0.2, 0.25) is 0 Å². The number of rotatable bonds is 2. The van der Waals surface area contributed by atoms with E-state index in [0.29, 0.717) is 11.3 Å². The van der Waals surface area contributed by atoms with Crippen LogP contribution in [0.3, 0.4) is 0 Å². The molecular weight excluding hydrogens is 251 g/mol. The molecule has 0 bridgehead atoms. The molecule has 0 fully saturated rings. The molecule has 2 N–H and O–H groups in total. The molecule has 19 heavy (non-hydrogen) atoms. The molecule has 0 aliphatic heterocycles. The summed E-state index contributed by atoms with van der Waals surface area (Å²) in [6, 6.07) is 12.6. The minimum Gasteiger partial charge on any atom is -0.398 e. The highest BCUT2D eigenvalue weighted by Gasteiger charge is 2.34. The molecule has 1 atom stereocenters. The Balaban J connectivity index is 2.51. The minimum absolute atomic E-state index is 0.243. The van der Waals surface area contributed by atoms with E-state index in [-0.39, 0.29) is 5.56 Å². The molecule has 2 aromatic rings. The third kappa shape index (κ3) is 2.72. The average Bonchev–Trinajstić information content (AvgIpc) is 2.37. The topological polar surface area (TPSA) is 26.0 Å². The Bertz CT molecular complexity index is 576. The number of hydrogen-bond acceptors (Lipinski definition) is 1. The van der Waals surface area contributed by atoms with E-state index < -0.39 is 17.7 Å². The van der Waals surface area contributed by atoms with Gasteiger partial charge in [0.1, 0.15) is 0 Å². The van der Waals surface area contributed by atoms with Crippen LogP contribution in [0, 0.1) is 0 Å². The first kappa shape index (κ1) is 13.5. The quantitative estimate of drug-likeness (QED) is 0.798. The fourth-order valence-electron chi connectivity index (χ4n) is 2.21. The Morgan fingerprint density at radius 3 is 2.00 bits per heavy atom. The molecular formula is C15H14F3N. The van der Waals surface area contributed by atoms with Crippen LogP contribution in [0.15, 0.2) is 48.5 Å². The summed E-state index contributed by atoms with van der Waals surface area (Å²) in [4.78, 5) is 0. The lowest BCUT2D eigenvalue weighted by Crippen LogP contribution is -2.12. The molecule has 2 aromatic carbocycles. The SMILES string of the molecule is CC(c1ccccc1N)c1ccccc1C(F)(F)F. The molecule has 0 saturated heterocycles. The van der Waals surface area contributed by atoms with Gasteiger partial charge in [-0.3, -0.25) is 0 Å². The second kappa shape index (κ2) is 4.96. The number of anilines is 1. The number of para-hydroxylation sites is 1. The van der Waals surface area contributed by atoms with Crippen molar-refractivity contribution in [1.82, 2.24) is 0 Å². The van der Waals surface area contributed by atoms with Gasteiger partial charge >= 0.3 is 6.18 Å². The summed E-state index contributed by atoms with van der Waals surface area (Å²) < 4.78 is 39.0. The van der Waals surface area contributed by atoms with Crippen LogP contribution in [0.5, 0.6) is 0 Å². The first-order valence-corrected chi connectivity index (χ1v) is 5.92. The van der Waals surface area contributed by atoms with E-state index in [1.807, 2.05) is 0 Å².